The second-order valence-corrected chi connectivity index (χ2v) is 33.2. The molecule has 0 saturated heterocycles. The molecule has 0 radical (unpaired) electrons. The van der Waals surface area contributed by atoms with Crippen molar-refractivity contribution >= 4 is 38.9 Å². The van der Waals surface area contributed by atoms with Crippen LogP contribution in [-0.4, -0.2) is 72.5 Å². The van der Waals surface area contributed by atoms with E-state index in [1.54, 1.807) is 0 Å². The average molecular weight is 1040 g/mol. The maximum Gasteiger partial charge on any atom is 0.146 e. The van der Waals surface area contributed by atoms with Gasteiger partial charge in [-0.3, -0.25) is 0 Å². The van der Waals surface area contributed by atoms with Gasteiger partial charge in [-0.1, -0.05) is 142 Å². The second kappa shape index (κ2) is 28.4. The highest BCUT2D eigenvalue weighted by Crippen LogP contribution is 2.42. The van der Waals surface area contributed by atoms with E-state index in [1.807, 2.05) is 105 Å². The van der Waals surface area contributed by atoms with Crippen molar-refractivity contribution in [3.63, 3.8) is 0 Å². The maximum absolute atomic E-state index is 3.93. The molecule has 4 rings (SSSR count). The van der Waals surface area contributed by atoms with Gasteiger partial charge in [0.2, 0.25) is 0 Å². The molecule has 0 N–H and O–H groups in total. The number of nitrogens with zero attached hydrogens (tertiary/aromatic N) is 4. The highest BCUT2D eigenvalue weighted by molar-refractivity contribution is 6.91. The first-order chi connectivity index (χ1) is 35.9. The van der Waals surface area contributed by atoms with Crippen LogP contribution in [0.5, 0.6) is 0 Å². The van der Waals surface area contributed by atoms with Gasteiger partial charge in [0.05, 0.1) is 22.3 Å². The molecule has 0 saturated carbocycles. The average Bonchev–Trinajstić information content (AvgIpc) is 3.37. The zero-order valence-corrected chi connectivity index (χ0v) is 51.5. The van der Waals surface area contributed by atoms with E-state index in [2.05, 4.69) is 245 Å². The lowest BCUT2D eigenvalue weighted by atomic mass is 10.1. The predicted octanol–water partition coefficient (Wildman–Crippen LogP) is 14.5. The third-order valence-electron chi connectivity index (χ3n) is 14.3. The van der Waals surface area contributed by atoms with Crippen molar-refractivity contribution in [2.24, 2.45) is 0 Å². The van der Waals surface area contributed by atoms with Gasteiger partial charge in [-0.05, 0) is 154 Å². The van der Waals surface area contributed by atoms with Crippen molar-refractivity contribution in [3.05, 3.63) is 142 Å². The van der Waals surface area contributed by atoms with Crippen molar-refractivity contribution in [2.75, 3.05) is 76.0 Å². The van der Waals surface area contributed by atoms with Crippen LogP contribution in [0.4, 0.5) is 22.7 Å². The van der Waals surface area contributed by atoms with Crippen molar-refractivity contribution in [3.8, 4) is 94.0 Å². The minimum atomic E-state index is -2.24. The van der Waals surface area contributed by atoms with E-state index in [0.717, 1.165) is 45.0 Å². The molecule has 4 aromatic rings. The van der Waals surface area contributed by atoms with Crippen LogP contribution in [0.25, 0.3) is 0 Å². The monoisotopic (exact) mass is 1030 g/mol. The highest BCUT2D eigenvalue weighted by Gasteiger charge is 2.42. The Kier molecular flexibility index (Phi) is 22.8. The first-order valence-corrected chi connectivity index (χ1v) is 31.1. The normalized spacial score (nSPS) is 10.5. The molecule has 4 aromatic carbocycles. The number of rotatable bonds is 10. The van der Waals surface area contributed by atoms with E-state index in [0.29, 0.717) is 55.5 Å². The summed E-state index contributed by atoms with van der Waals surface area (Å²) < 4.78 is 0. The first kappa shape index (κ1) is 61.0. The van der Waals surface area contributed by atoms with E-state index < -0.39 is 16.1 Å². The van der Waals surface area contributed by atoms with Crippen LogP contribution in [0.15, 0.2) is 119 Å². The Morgan fingerprint density at radius 2 is 0.461 bits per heavy atom. The Morgan fingerprint density at radius 1 is 0.276 bits per heavy atom. The second-order valence-electron chi connectivity index (χ2n) is 22.1. The molecule has 76 heavy (non-hydrogen) atoms. The minimum Gasteiger partial charge on any atom is -0.378 e. The zero-order chi connectivity index (χ0) is 56.3. The Bertz CT molecular complexity index is 2820. The van der Waals surface area contributed by atoms with Gasteiger partial charge in [-0.25, -0.2) is 0 Å². The molecule has 0 amide bonds. The number of hydrogen-bond donors (Lipinski definition) is 0. The molecule has 0 aliphatic heterocycles. The van der Waals surface area contributed by atoms with Crippen LogP contribution >= 0.6 is 0 Å². The third kappa shape index (κ3) is 16.5. The van der Waals surface area contributed by atoms with E-state index in [4.69, 9.17) is 0 Å². The summed E-state index contributed by atoms with van der Waals surface area (Å²) in [5, 5.41) is 0. The lowest BCUT2D eigenvalue weighted by Crippen LogP contribution is -2.43. The number of hydrogen-bond acceptors (Lipinski definition) is 4. The van der Waals surface area contributed by atoms with Crippen LogP contribution in [0, 0.1) is 94.0 Å². The lowest BCUT2D eigenvalue weighted by molar-refractivity contribution is 0.838. The summed E-state index contributed by atoms with van der Waals surface area (Å²) in [5.74, 6) is 48.2. The fraction of sp³-hybridized carbons (Fsp3) is 0.371. The Morgan fingerprint density at radius 3 is 0.632 bits per heavy atom. The molecule has 390 valence electrons. The molecule has 6 heteroatoms. The summed E-state index contributed by atoms with van der Waals surface area (Å²) >= 11 is 0. The standard InChI is InChI=1S/C70H82N4Si2/c1-53(2)75(54(3)4,55(5)6)51-49-63(65(37-25-59-29-41-67(42-30-59)71(13)14)38-26-60-31-43-68(44-32-60)72(15)16)23-21-22-24-64(50-52-76(56(7)8,57(9)10)58(11)12)66(39-27-61-33-45-69(46-34-61)73(17)18)40-28-62-35-47-70(48-36-62)74(19)20/h29-36,41-48,53-58H,1-20H3. The fourth-order valence-electron chi connectivity index (χ4n) is 9.93. The van der Waals surface area contributed by atoms with Gasteiger partial charge in [0.1, 0.15) is 16.1 Å². The van der Waals surface area contributed by atoms with Gasteiger partial charge < -0.3 is 19.6 Å². The van der Waals surface area contributed by atoms with Crippen LogP contribution in [0.1, 0.15) is 105 Å². The summed E-state index contributed by atoms with van der Waals surface area (Å²) in [5.41, 5.74) is 20.3. The molecule has 0 aromatic heterocycles. The summed E-state index contributed by atoms with van der Waals surface area (Å²) in [6.45, 7) is 27.9. The molecule has 0 atom stereocenters. The Balaban J connectivity index is 2.21. The van der Waals surface area contributed by atoms with Crippen molar-refractivity contribution in [2.45, 2.75) is 116 Å². The van der Waals surface area contributed by atoms with Crippen molar-refractivity contribution in [1.29, 1.82) is 0 Å². The zero-order valence-electron chi connectivity index (χ0n) is 49.5. The fourth-order valence-corrected chi connectivity index (χ4v) is 20.3. The van der Waals surface area contributed by atoms with E-state index in [-0.39, 0.29) is 0 Å². The summed E-state index contributed by atoms with van der Waals surface area (Å²) in [6, 6.07) is 32.9. The van der Waals surface area contributed by atoms with E-state index in [9.17, 15) is 0 Å². The molecular weight excluding hydrogens is 953 g/mol. The molecule has 0 bridgehead atoms. The van der Waals surface area contributed by atoms with E-state index >= 15 is 0 Å². The Labute approximate surface area is 464 Å². The SMILES string of the molecule is CC(C)[Si](C#CC(C#CC#CC(C#C[Si](C(C)C)(C(C)C)C(C)C)=C(C#Cc1ccc(N(C)C)cc1)C#Cc1ccc(N(C)C)cc1)=C(C#Cc1ccc(N(C)C)cc1)C#Cc1ccc(N(C)C)cc1)(C(C)C)C(C)C. The Hall–Kier alpha value is -7.53. The van der Waals surface area contributed by atoms with Crippen LogP contribution < -0.4 is 19.6 Å². The molecule has 0 heterocycles. The van der Waals surface area contributed by atoms with Gasteiger partial charge in [0.15, 0.2) is 0 Å². The minimum absolute atomic E-state index is 0.405. The van der Waals surface area contributed by atoms with Gasteiger partial charge in [0.25, 0.3) is 0 Å². The van der Waals surface area contributed by atoms with Gasteiger partial charge in [-0.2, -0.15) is 0 Å². The molecule has 0 aliphatic rings. The predicted molar refractivity (Wildman–Crippen MR) is 338 cm³/mol. The number of allylic oxidation sites excluding steroid dienone is 4. The van der Waals surface area contributed by atoms with Gasteiger partial charge in [-0.15, -0.1) is 11.1 Å². The molecule has 0 spiro atoms. The van der Waals surface area contributed by atoms with Crippen LogP contribution in [0.2, 0.25) is 33.2 Å². The molecule has 0 aliphatic carbocycles. The third-order valence-corrected chi connectivity index (χ3v) is 26.9. The van der Waals surface area contributed by atoms with Gasteiger partial charge in [0, 0.05) is 101 Å². The maximum atomic E-state index is 3.93. The molecule has 0 unspecified atom stereocenters. The lowest BCUT2D eigenvalue weighted by Gasteiger charge is -2.38. The van der Waals surface area contributed by atoms with Crippen molar-refractivity contribution < 1.29 is 0 Å². The number of benzene rings is 4. The largest absolute Gasteiger partial charge is 0.378 e. The summed E-state index contributed by atoms with van der Waals surface area (Å²) in [6.07, 6.45) is 0. The summed E-state index contributed by atoms with van der Waals surface area (Å²) in [4.78, 5) is 8.31. The van der Waals surface area contributed by atoms with E-state index in [1.165, 1.54) is 0 Å². The summed E-state index contributed by atoms with van der Waals surface area (Å²) in [7, 11) is 11.8. The van der Waals surface area contributed by atoms with Crippen molar-refractivity contribution in [1.82, 2.24) is 0 Å². The molecular formula is C70H82N4Si2. The van der Waals surface area contributed by atoms with Crippen LogP contribution in [0.3, 0.4) is 0 Å². The molecule has 0 fully saturated rings. The highest BCUT2D eigenvalue weighted by atomic mass is 28.3. The van der Waals surface area contributed by atoms with Gasteiger partial charge >= 0.3 is 0 Å². The van der Waals surface area contributed by atoms with Crippen LogP contribution in [-0.2, 0) is 0 Å². The number of anilines is 4. The smallest absolute Gasteiger partial charge is 0.146 e. The topological polar surface area (TPSA) is 13.0 Å². The first-order valence-electron chi connectivity index (χ1n) is 26.7. The molecule has 4 nitrogen and oxygen atoms in total. The quantitative estimate of drug-likeness (QED) is 0.116.